The van der Waals surface area contributed by atoms with Crippen LogP contribution in [0.2, 0.25) is 0 Å². The smallest absolute Gasteiger partial charge is 0.185 e. The van der Waals surface area contributed by atoms with Gasteiger partial charge in [0.2, 0.25) is 0 Å². The largest absolute Gasteiger partial charge is 0.375 e. The third-order valence-corrected chi connectivity index (χ3v) is 2.11. The summed E-state index contributed by atoms with van der Waals surface area (Å²) in [4.78, 5) is 0. The van der Waals surface area contributed by atoms with Crippen LogP contribution in [0.5, 0.6) is 0 Å². The standard InChI is InChI=1S/C9H13N3S/c1-6-4-3-5-7(2)8(6)12(11)9(10)13/h3-5H,11H2,1-2H3,(H2,10,13). The van der Waals surface area contributed by atoms with E-state index in [0.29, 0.717) is 0 Å². The van der Waals surface area contributed by atoms with Crippen molar-refractivity contribution in [1.82, 2.24) is 0 Å². The summed E-state index contributed by atoms with van der Waals surface area (Å²) in [6, 6.07) is 5.92. The Morgan fingerprint density at radius 3 is 2.15 bits per heavy atom. The van der Waals surface area contributed by atoms with E-state index in [-0.39, 0.29) is 5.11 Å². The number of hydrogen-bond acceptors (Lipinski definition) is 2. The number of hydrogen-bond donors (Lipinski definition) is 2. The van der Waals surface area contributed by atoms with E-state index >= 15 is 0 Å². The van der Waals surface area contributed by atoms with Gasteiger partial charge in [-0.15, -0.1) is 0 Å². The van der Waals surface area contributed by atoms with Crippen LogP contribution in [-0.2, 0) is 0 Å². The lowest BCUT2D eigenvalue weighted by molar-refractivity contribution is 1.10. The lowest BCUT2D eigenvalue weighted by Gasteiger charge is -2.20. The maximum Gasteiger partial charge on any atom is 0.185 e. The molecule has 0 aliphatic heterocycles. The molecule has 0 aliphatic carbocycles. The summed E-state index contributed by atoms with van der Waals surface area (Å²) in [7, 11) is 0. The van der Waals surface area contributed by atoms with Crippen molar-refractivity contribution in [1.29, 1.82) is 0 Å². The fourth-order valence-electron chi connectivity index (χ4n) is 1.30. The molecular weight excluding hydrogens is 182 g/mol. The summed E-state index contributed by atoms with van der Waals surface area (Å²) >= 11 is 4.80. The number of para-hydroxylation sites is 1. The topological polar surface area (TPSA) is 55.3 Å². The van der Waals surface area contributed by atoms with Crippen molar-refractivity contribution in [2.45, 2.75) is 13.8 Å². The molecule has 0 spiro atoms. The predicted molar refractivity (Wildman–Crippen MR) is 59.4 cm³/mol. The zero-order valence-corrected chi connectivity index (χ0v) is 8.56. The van der Waals surface area contributed by atoms with Gasteiger partial charge in [-0.25, -0.2) is 5.84 Å². The first kappa shape index (κ1) is 9.95. The van der Waals surface area contributed by atoms with Crippen LogP contribution < -0.4 is 16.6 Å². The molecule has 0 radical (unpaired) electrons. The van der Waals surface area contributed by atoms with Gasteiger partial charge in [-0.3, -0.25) is 5.01 Å². The highest BCUT2D eigenvalue weighted by atomic mass is 32.1. The first-order valence-electron chi connectivity index (χ1n) is 3.94. The van der Waals surface area contributed by atoms with Gasteiger partial charge in [-0.05, 0) is 37.2 Å². The molecule has 0 atom stereocenters. The van der Waals surface area contributed by atoms with E-state index in [1.54, 1.807) is 0 Å². The van der Waals surface area contributed by atoms with Gasteiger partial charge in [-0.1, -0.05) is 18.2 Å². The van der Waals surface area contributed by atoms with Crippen LogP contribution in [0.1, 0.15) is 11.1 Å². The molecule has 13 heavy (non-hydrogen) atoms. The number of hydrazine groups is 1. The summed E-state index contributed by atoms with van der Waals surface area (Å²) < 4.78 is 0. The Kier molecular flexibility index (Phi) is 2.85. The molecule has 4 heteroatoms. The van der Waals surface area contributed by atoms with Crippen LogP contribution in [0, 0.1) is 13.8 Å². The minimum Gasteiger partial charge on any atom is -0.375 e. The molecule has 0 amide bonds. The van der Waals surface area contributed by atoms with E-state index < -0.39 is 0 Å². The van der Waals surface area contributed by atoms with Crippen LogP contribution >= 0.6 is 12.2 Å². The van der Waals surface area contributed by atoms with Gasteiger partial charge in [0.25, 0.3) is 0 Å². The van der Waals surface area contributed by atoms with E-state index in [4.69, 9.17) is 23.8 Å². The zero-order valence-electron chi connectivity index (χ0n) is 7.74. The van der Waals surface area contributed by atoms with Crippen LogP contribution in [0.3, 0.4) is 0 Å². The second-order valence-electron chi connectivity index (χ2n) is 2.95. The van der Waals surface area contributed by atoms with Crippen molar-refractivity contribution in [3.63, 3.8) is 0 Å². The van der Waals surface area contributed by atoms with Crippen LogP contribution in [0.4, 0.5) is 5.69 Å². The maximum absolute atomic E-state index is 5.71. The minimum absolute atomic E-state index is 0.178. The monoisotopic (exact) mass is 195 g/mol. The molecule has 0 aliphatic rings. The highest BCUT2D eigenvalue weighted by Gasteiger charge is 2.09. The Morgan fingerprint density at radius 1 is 1.31 bits per heavy atom. The van der Waals surface area contributed by atoms with Gasteiger partial charge in [0.1, 0.15) is 0 Å². The van der Waals surface area contributed by atoms with Crippen LogP contribution in [0.15, 0.2) is 18.2 Å². The van der Waals surface area contributed by atoms with Crippen LogP contribution in [0.25, 0.3) is 0 Å². The molecule has 1 rings (SSSR count). The minimum atomic E-state index is 0.178. The van der Waals surface area contributed by atoms with Crippen LogP contribution in [-0.4, -0.2) is 5.11 Å². The molecule has 0 unspecified atom stereocenters. The molecule has 0 heterocycles. The fraction of sp³-hybridized carbons (Fsp3) is 0.222. The predicted octanol–water partition coefficient (Wildman–Crippen LogP) is 1.23. The van der Waals surface area contributed by atoms with Gasteiger partial charge >= 0.3 is 0 Å². The maximum atomic E-state index is 5.71. The van der Waals surface area contributed by atoms with Crippen molar-refractivity contribution in [3.05, 3.63) is 29.3 Å². The normalized spacial score (nSPS) is 9.77. The van der Waals surface area contributed by atoms with E-state index in [1.165, 1.54) is 5.01 Å². The Hall–Kier alpha value is -1.13. The van der Waals surface area contributed by atoms with Crippen molar-refractivity contribution < 1.29 is 0 Å². The summed E-state index contributed by atoms with van der Waals surface area (Å²) in [5.74, 6) is 5.71. The average Bonchev–Trinajstić information content (AvgIpc) is 2.03. The van der Waals surface area contributed by atoms with E-state index in [9.17, 15) is 0 Å². The van der Waals surface area contributed by atoms with Gasteiger partial charge < -0.3 is 5.73 Å². The first-order chi connectivity index (χ1) is 6.04. The Morgan fingerprint density at radius 2 is 1.77 bits per heavy atom. The summed E-state index contributed by atoms with van der Waals surface area (Å²) in [6.07, 6.45) is 0. The van der Waals surface area contributed by atoms with E-state index in [1.807, 2.05) is 32.0 Å². The molecule has 0 saturated heterocycles. The van der Waals surface area contributed by atoms with Crippen molar-refractivity contribution in [2.75, 3.05) is 5.01 Å². The second-order valence-corrected chi connectivity index (χ2v) is 3.37. The number of thiocarbonyl (C=S) groups is 1. The Labute approximate surface area is 83.3 Å². The third kappa shape index (κ3) is 1.96. The fourth-order valence-corrected chi connectivity index (χ4v) is 1.39. The Bertz CT molecular complexity index is 315. The highest BCUT2D eigenvalue weighted by Crippen LogP contribution is 2.21. The van der Waals surface area contributed by atoms with Crippen molar-refractivity contribution in [2.24, 2.45) is 11.6 Å². The van der Waals surface area contributed by atoms with E-state index in [2.05, 4.69) is 0 Å². The summed E-state index contributed by atoms with van der Waals surface area (Å²) in [5.41, 5.74) is 8.45. The van der Waals surface area contributed by atoms with Crippen molar-refractivity contribution in [3.8, 4) is 0 Å². The molecule has 1 aromatic carbocycles. The zero-order chi connectivity index (χ0) is 10.0. The quantitative estimate of drug-likeness (QED) is 0.402. The molecular formula is C9H13N3S. The molecule has 70 valence electrons. The molecule has 4 N–H and O–H groups in total. The molecule has 3 nitrogen and oxygen atoms in total. The van der Waals surface area contributed by atoms with Crippen molar-refractivity contribution >= 4 is 23.0 Å². The lowest BCUT2D eigenvalue weighted by Crippen LogP contribution is -2.42. The van der Waals surface area contributed by atoms with E-state index in [0.717, 1.165) is 16.8 Å². The SMILES string of the molecule is Cc1cccc(C)c1N(N)C(N)=S. The summed E-state index contributed by atoms with van der Waals surface area (Å²) in [6.45, 7) is 3.95. The second kappa shape index (κ2) is 3.72. The third-order valence-electron chi connectivity index (χ3n) is 1.92. The number of rotatable bonds is 1. The number of benzene rings is 1. The van der Waals surface area contributed by atoms with Gasteiger partial charge in [0, 0.05) is 0 Å². The molecule has 0 saturated carbocycles. The average molecular weight is 195 g/mol. The number of aryl methyl sites for hydroxylation is 2. The number of anilines is 1. The molecule has 0 bridgehead atoms. The Balaban J connectivity index is 3.20. The van der Waals surface area contributed by atoms with Gasteiger partial charge in [-0.2, -0.15) is 0 Å². The first-order valence-corrected chi connectivity index (χ1v) is 4.35. The summed E-state index contributed by atoms with van der Waals surface area (Å²) in [5, 5.41) is 1.51. The number of nitrogens with two attached hydrogens (primary N) is 2. The number of nitrogens with zero attached hydrogens (tertiary/aromatic N) is 1. The molecule has 0 aromatic heterocycles. The van der Waals surface area contributed by atoms with Gasteiger partial charge in [0.15, 0.2) is 5.11 Å². The highest BCUT2D eigenvalue weighted by molar-refractivity contribution is 7.80. The van der Waals surface area contributed by atoms with Gasteiger partial charge in [0.05, 0.1) is 5.69 Å². The molecule has 1 aromatic rings. The molecule has 0 fully saturated rings. The lowest BCUT2D eigenvalue weighted by atomic mass is 10.1.